The van der Waals surface area contributed by atoms with Gasteiger partial charge in [0.15, 0.2) is 0 Å². The average molecular weight is 455 g/mol. The molecule has 6 heteroatoms. The van der Waals surface area contributed by atoms with Crippen molar-refractivity contribution in [2.24, 2.45) is 5.92 Å². The molecule has 4 rings (SSSR count). The zero-order valence-electron chi connectivity index (χ0n) is 19.6. The molecule has 2 aromatic carbocycles. The summed E-state index contributed by atoms with van der Waals surface area (Å²) in [5.41, 5.74) is 2.57. The molecule has 33 heavy (non-hydrogen) atoms. The van der Waals surface area contributed by atoms with Gasteiger partial charge in [0.2, 0.25) is 5.91 Å². The summed E-state index contributed by atoms with van der Waals surface area (Å²) < 4.78 is 19.4. The molecule has 0 spiro atoms. The standard InChI is InChI=1S/C27H35FN2O3/c1-19(2)16-27(32)13-14-30(17-25(27)33-24-11-8-22(28)9-12-24)18-26(31)29-23-10-7-20-5-3-4-6-21(20)15-23/h7-12,15,19,25,32H,3-6,13-14,16-18H2,1-2H3,(H,29,31)/t25-,27+/m0/s1. The number of carbonyl (C=O) groups is 1. The zero-order valence-corrected chi connectivity index (χ0v) is 19.6. The number of amides is 1. The van der Waals surface area contributed by atoms with Crippen molar-refractivity contribution in [3.05, 3.63) is 59.4 Å². The molecule has 0 unspecified atom stereocenters. The van der Waals surface area contributed by atoms with E-state index in [0.29, 0.717) is 37.6 Å². The van der Waals surface area contributed by atoms with Gasteiger partial charge in [-0.1, -0.05) is 19.9 Å². The van der Waals surface area contributed by atoms with Crippen molar-refractivity contribution in [2.75, 3.05) is 25.0 Å². The lowest BCUT2D eigenvalue weighted by Crippen LogP contribution is -2.59. The summed E-state index contributed by atoms with van der Waals surface area (Å²) in [5.74, 6) is 0.418. The molecular formula is C27H35FN2O3. The number of likely N-dealkylation sites (tertiary alicyclic amines) is 1. The molecule has 2 atom stereocenters. The summed E-state index contributed by atoms with van der Waals surface area (Å²) in [7, 11) is 0. The molecule has 1 aliphatic carbocycles. The number of ether oxygens (including phenoxy) is 1. The van der Waals surface area contributed by atoms with Crippen LogP contribution in [0, 0.1) is 11.7 Å². The third kappa shape index (κ3) is 6.12. The lowest BCUT2D eigenvalue weighted by molar-refractivity contribution is -0.129. The minimum Gasteiger partial charge on any atom is -0.486 e. The second kappa shape index (κ2) is 10.2. The minimum atomic E-state index is -0.992. The molecule has 2 aliphatic rings. The first-order valence-corrected chi connectivity index (χ1v) is 12.1. The SMILES string of the molecule is CC(C)C[C@]1(O)CCN(CC(=O)Nc2ccc3c(c2)CCCC3)C[C@@H]1Oc1ccc(F)cc1. The van der Waals surface area contributed by atoms with Gasteiger partial charge in [-0.2, -0.15) is 0 Å². The molecular weight excluding hydrogens is 419 g/mol. The smallest absolute Gasteiger partial charge is 0.238 e. The number of piperidine rings is 1. The second-order valence-electron chi connectivity index (χ2n) is 9.99. The van der Waals surface area contributed by atoms with Gasteiger partial charge in [0.25, 0.3) is 0 Å². The molecule has 2 N–H and O–H groups in total. The summed E-state index contributed by atoms with van der Waals surface area (Å²) in [4.78, 5) is 14.8. The number of aryl methyl sites for hydroxylation is 2. The van der Waals surface area contributed by atoms with Gasteiger partial charge in [0.05, 0.1) is 6.54 Å². The van der Waals surface area contributed by atoms with Gasteiger partial charge in [-0.25, -0.2) is 4.39 Å². The molecule has 1 heterocycles. The normalized spacial score (nSPS) is 23.2. The minimum absolute atomic E-state index is 0.0689. The van der Waals surface area contributed by atoms with Crippen LogP contribution in [0.25, 0.3) is 0 Å². The van der Waals surface area contributed by atoms with E-state index < -0.39 is 11.7 Å². The van der Waals surface area contributed by atoms with Gasteiger partial charge in [-0.3, -0.25) is 9.69 Å². The van der Waals surface area contributed by atoms with E-state index in [0.717, 1.165) is 18.5 Å². The zero-order chi connectivity index (χ0) is 23.4. The van der Waals surface area contributed by atoms with E-state index in [2.05, 4.69) is 31.3 Å². The monoisotopic (exact) mass is 454 g/mol. The number of hydrogen-bond donors (Lipinski definition) is 2. The predicted molar refractivity (Wildman–Crippen MR) is 128 cm³/mol. The number of benzene rings is 2. The summed E-state index contributed by atoms with van der Waals surface area (Å²) in [6, 6.07) is 12.1. The van der Waals surface area contributed by atoms with Gasteiger partial charge in [0, 0.05) is 18.8 Å². The van der Waals surface area contributed by atoms with E-state index >= 15 is 0 Å². The number of nitrogens with zero attached hydrogens (tertiary/aromatic N) is 1. The van der Waals surface area contributed by atoms with Crippen molar-refractivity contribution in [1.29, 1.82) is 0 Å². The average Bonchev–Trinajstić information content (AvgIpc) is 2.77. The lowest BCUT2D eigenvalue weighted by atomic mass is 9.81. The molecule has 0 radical (unpaired) electrons. The highest BCUT2D eigenvalue weighted by Crippen LogP contribution is 2.32. The van der Waals surface area contributed by atoms with Crippen molar-refractivity contribution in [2.45, 2.75) is 64.1 Å². The molecule has 0 aromatic heterocycles. The molecule has 0 bridgehead atoms. The Morgan fingerprint density at radius 2 is 1.91 bits per heavy atom. The van der Waals surface area contributed by atoms with Crippen molar-refractivity contribution in [1.82, 2.24) is 4.90 Å². The van der Waals surface area contributed by atoms with E-state index in [1.807, 2.05) is 11.0 Å². The fourth-order valence-electron chi connectivity index (χ4n) is 5.13. The number of anilines is 1. The molecule has 1 aliphatic heterocycles. The fourth-order valence-corrected chi connectivity index (χ4v) is 5.13. The van der Waals surface area contributed by atoms with Crippen LogP contribution in [0.4, 0.5) is 10.1 Å². The largest absolute Gasteiger partial charge is 0.486 e. The summed E-state index contributed by atoms with van der Waals surface area (Å²) in [6.45, 7) is 5.43. The first-order chi connectivity index (χ1) is 15.8. The molecule has 2 aromatic rings. The Hall–Kier alpha value is -2.44. The van der Waals surface area contributed by atoms with Crippen LogP contribution < -0.4 is 10.1 Å². The van der Waals surface area contributed by atoms with E-state index in [4.69, 9.17) is 4.74 Å². The second-order valence-corrected chi connectivity index (χ2v) is 9.99. The Morgan fingerprint density at radius 3 is 2.64 bits per heavy atom. The van der Waals surface area contributed by atoms with Crippen molar-refractivity contribution in [3.8, 4) is 5.75 Å². The Bertz CT molecular complexity index is 962. The number of carbonyl (C=O) groups excluding carboxylic acids is 1. The molecule has 1 saturated heterocycles. The molecule has 1 fully saturated rings. The quantitative estimate of drug-likeness (QED) is 0.643. The number of aliphatic hydroxyl groups is 1. The van der Waals surface area contributed by atoms with Crippen molar-refractivity contribution >= 4 is 11.6 Å². The van der Waals surface area contributed by atoms with Gasteiger partial charge < -0.3 is 15.2 Å². The third-order valence-electron chi connectivity index (χ3n) is 6.74. The van der Waals surface area contributed by atoms with Crippen molar-refractivity contribution in [3.63, 3.8) is 0 Å². The van der Waals surface area contributed by atoms with Crippen LogP contribution in [0.1, 0.15) is 50.7 Å². The number of hydrogen-bond acceptors (Lipinski definition) is 4. The first-order valence-electron chi connectivity index (χ1n) is 12.1. The Morgan fingerprint density at radius 1 is 1.18 bits per heavy atom. The summed E-state index contributed by atoms with van der Waals surface area (Å²) in [5, 5.41) is 14.4. The highest BCUT2D eigenvalue weighted by atomic mass is 19.1. The van der Waals surface area contributed by atoms with E-state index in [9.17, 15) is 14.3 Å². The number of fused-ring (bicyclic) bond motifs is 1. The Balaban J connectivity index is 1.40. The van der Waals surface area contributed by atoms with Gasteiger partial charge in [-0.15, -0.1) is 0 Å². The molecule has 178 valence electrons. The Labute approximate surface area is 195 Å². The van der Waals surface area contributed by atoms with E-state index in [1.54, 1.807) is 12.1 Å². The van der Waals surface area contributed by atoms with Crippen LogP contribution in [0.3, 0.4) is 0 Å². The van der Waals surface area contributed by atoms with Crippen LogP contribution in [0.15, 0.2) is 42.5 Å². The van der Waals surface area contributed by atoms with Gasteiger partial charge in [-0.05, 0) is 92.0 Å². The summed E-state index contributed by atoms with van der Waals surface area (Å²) >= 11 is 0. The maximum Gasteiger partial charge on any atom is 0.238 e. The van der Waals surface area contributed by atoms with Gasteiger partial charge >= 0.3 is 0 Å². The van der Waals surface area contributed by atoms with E-state index in [1.165, 1.54) is 36.1 Å². The van der Waals surface area contributed by atoms with Crippen molar-refractivity contribution < 1.29 is 19.0 Å². The highest BCUT2D eigenvalue weighted by molar-refractivity contribution is 5.92. The molecule has 0 saturated carbocycles. The maximum absolute atomic E-state index is 13.3. The van der Waals surface area contributed by atoms with Crippen LogP contribution >= 0.6 is 0 Å². The molecule has 1 amide bonds. The van der Waals surface area contributed by atoms with E-state index in [-0.39, 0.29) is 18.3 Å². The van der Waals surface area contributed by atoms with Crippen LogP contribution in [-0.4, -0.2) is 47.3 Å². The maximum atomic E-state index is 13.3. The summed E-state index contributed by atoms with van der Waals surface area (Å²) in [6.07, 6.45) is 5.24. The van der Waals surface area contributed by atoms with Crippen LogP contribution in [0.5, 0.6) is 5.75 Å². The van der Waals surface area contributed by atoms with Crippen LogP contribution in [-0.2, 0) is 17.6 Å². The first kappa shape index (κ1) is 23.7. The van der Waals surface area contributed by atoms with Gasteiger partial charge in [0.1, 0.15) is 23.3 Å². The third-order valence-corrected chi connectivity index (χ3v) is 6.74. The predicted octanol–water partition coefficient (Wildman–Crippen LogP) is 4.57. The number of rotatable bonds is 7. The number of halogens is 1. The topological polar surface area (TPSA) is 61.8 Å². The fraction of sp³-hybridized carbons (Fsp3) is 0.519. The molecule has 5 nitrogen and oxygen atoms in total. The Kier molecular flexibility index (Phi) is 7.35. The lowest BCUT2D eigenvalue weighted by Gasteiger charge is -2.45. The number of nitrogens with one attached hydrogen (secondary N) is 1. The highest BCUT2D eigenvalue weighted by Gasteiger charge is 2.43. The van der Waals surface area contributed by atoms with Crippen LogP contribution in [0.2, 0.25) is 0 Å².